The van der Waals surface area contributed by atoms with Gasteiger partial charge in [-0.15, -0.1) is 0 Å². The number of fused-ring (bicyclic) bond motifs is 1. The third-order valence-electron chi connectivity index (χ3n) is 2.29. The van der Waals surface area contributed by atoms with Gasteiger partial charge in [-0.25, -0.2) is 9.78 Å². The zero-order valence-electron chi connectivity index (χ0n) is 10.8. The predicted molar refractivity (Wildman–Crippen MR) is 68.3 cm³/mol. The van der Waals surface area contributed by atoms with E-state index in [1.54, 1.807) is 12.5 Å². The van der Waals surface area contributed by atoms with Crippen LogP contribution in [0, 0.1) is 0 Å². The largest absolute Gasteiger partial charge is 0.444 e. The summed E-state index contributed by atoms with van der Waals surface area (Å²) in [5.41, 5.74) is 1.58. The van der Waals surface area contributed by atoms with E-state index in [-0.39, 0.29) is 0 Å². The molecule has 0 aliphatic rings. The van der Waals surface area contributed by atoms with Crippen molar-refractivity contribution in [2.75, 3.05) is 0 Å². The van der Waals surface area contributed by atoms with E-state index in [4.69, 9.17) is 4.74 Å². The Balaban J connectivity index is 1.96. The first-order valence-corrected chi connectivity index (χ1v) is 5.81. The van der Waals surface area contributed by atoms with Gasteiger partial charge in [0.25, 0.3) is 0 Å². The van der Waals surface area contributed by atoms with Crippen molar-refractivity contribution in [1.82, 2.24) is 14.7 Å². The summed E-state index contributed by atoms with van der Waals surface area (Å²) in [4.78, 5) is 15.5. The van der Waals surface area contributed by atoms with Crippen molar-refractivity contribution < 1.29 is 9.53 Å². The normalized spacial score (nSPS) is 11.5. The zero-order chi connectivity index (χ0) is 13.2. The molecule has 0 bridgehead atoms. The SMILES string of the molecule is CC(C)(C)OC(=O)NCc1cc2ccncn2c1. The van der Waals surface area contributed by atoms with Crippen LogP contribution in [0.5, 0.6) is 0 Å². The first-order chi connectivity index (χ1) is 8.44. The summed E-state index contributed by atoms with van der Waals surface area (Å²) < 4.78 is 7.07. The van der Waals surface area contributed by atoms with Crippen molar-refractivity contribution >= 4 is 11.6 Å². The smallest absolute Gasteiger partial charge is 0.407 e. The van der Waals surface area contributed by atoms with Crippen LogP contribution in [-0.4, -0.2) is 21.1 Å². The number of ether oxygens (including phenoxy) is 1. The molecular weight excluding hydrogens is 230 g/mol. The highest BCUT2D eigenvalue weighted by Gasteiger charge is 2.15. The average Bonchev–Trinajstić information content (AvgIpc) is 2.66. The molecule has 0 radical (unpaired) electrons. The Morgan fingerprint density at radius 3 is 2.94 bits per heavy atom. The fourth-order valence-electron chi connectivity index (χ4n) is 1.60. The molecule has 1 N–H and O–H groups in total. The minimum absolute atomic E-state index is 0.407. The van der Waals surface area contributed by atoms with Crippen LogP contribution in [0.3, 0.4) is 0 Å². The number of carbonyl (C=O) groups is 1. The molecule has 0 atom stereocenters. The van der Waals surface area contributed by atoms with Gasteiger partial charge in [0.15, 0.2) is 0 Å². The monoisotopic (exact) mass is 247 g/mol. The Bertz CT molecular complexity index is 522. The van der Waals surface area contributed by atoms with Gasteiger partial charge in [-0.3, -0.25) is 0 Å². The van der Waals surface area contributed by atoms with Crippen LogP contribution >= 0.6 is 0 Å². The number of rotatable bonds is 2. The average molecular weight is 247 g/mol. The van der Waals surface area contributed by atoms with Crippen molar-refractivity contribution in [1.29, 1.82) is 0 Å². The Morgan fingerprint density at radius 2 is 2.28 bits per heavy atom. The number of alkyl carbamates (subject to hydrolysis) is 1. The lowest BCUT2D eigenvalue weighted by Gasteiger charge is -2.19. The molecule has 0 saturated heterocycles. The minimum atomic E-state index is -0.473. The Morgan fingerprint density at radius 1 is 1.50 bits per heavy atom. The summed E-state index contributed by atoms with van der Waals surface area (Å²) in [6.45, 7) is 5.96. The number of aromatic nitrogens is 2. The van der Waals surface area contributed by atoms with Gasteiger partial charge in [0, 0.05) is 24.5 Å². The number of nitrogens with zero attached hydrogens (tertiary/aromatic N) is 2. The van der Waals surface area contributed by atoms with E-state index in [1.165, 1.54) is 0 Å². The van der Waals surface area contributed by atoms with E-state index in [2.05, 4.69) is 10.3 Å². The van der Waals surface area contributed by atoms with Crippen LogP contribution in [0.1, 0.15) is 26.3 Å². The summed E-state index contributed by atoms with van der Waals surface area (Å²) in [5, 5.41) is 2.72. The highest BCUT2D eigenvalue weighted by Crippen LogP contribution is 2.09. The van der Waals surface area contributed by atoms with Crippen LogP contribution in [0.2, 0.25) is 0 Å². The van der Waals surface area contributed by atoms with Crippen LogP contribution in [0.15, 0.2) is 30.9 Å². The maximum absolute atomic E-state index is 11.5. The Hall–Kier alpha value is -2.04. The van der Waals surface area contributed by atoms with Gasteiger partial charge in [0.05, 0.1) is 6.33 Å². The molecule has 0 saturated carbocycles. The first-order valence-electron chi connectivity index (χ1n) is 5.81. The standard InChI is InChI=1S/C13H17N3O2/c1-13(2,3)18-12(17)15-7-10-6-11-4-5-14-9-16(11)8-10/h4-6,8-9H,7H2,1-3H3,(H,15,17). The molecule has 0 aromatic carbocycles. The Kier molecular flexibility index (Phi) is 3.23. The van der Waals surface area contributed by atoms with Crippen LogP contribution < -0.4 is 5.32 Å². The molecular formula is C13H17N3O2. The highest BCUT2D eigenvalue weighted by atomic mass is 16.6. The van der Waals surface area contributed by atoms with Crippen molar-refractivity contribution in [2.24, 2.45) is 0 Å². The van der Waals surface area contributed by atoms with E-state index in [0.717, 1.165) is 11.1 Å². The van der Waals surface area contributed by atoms with Crippen molar-refractivity contribution in [3.63, 3.8) is 0 Å². The first kappa shape index (κ1) is 12.4. The number of carbonyl (C=O) groups excluding carboxylic acids is 1. The molecule has 5 nitrogen and oxygen atoms in total. The molecule has 0 fully saturated rings. The van der Waals surface area contributed by atoms with Crippen molar-refractivity contribution in [3.8, 4) is 0 Å². The lowest BCUT2D eigenvalue weighted by Crippen LogP contribution is -2.32. The van der Waals surface area contributed by atoms with Crippen LogP contribution in [0.25, 0.3) is 5.52 Å². The molecule has 1 amide bonds. The summed E-state index contributed by atoms with van der Waals surface area (Å²) >= 11 is 0. The molecule has 2 heterocycles. The summed E-state index contributed by atoms with van der Waals surface area (Å²) in [5.74, 6) is 0. The maximum atomic E-state index is 11.5. The van der Waals surface area contributed by atoms with Gasteiger partial charge in [0.2, 0.25) is 0 Å². The molecule has 0 aliphatic carbocycles. The molecule has 96 valence electrons. The molecule has 5 heteroatoms. The lowest BCUT2D eigenvalue weighted by atomic mass is 10.2. The van der Waals surface area contributed by atoms with E-state index in [9.17, 15) is 4.79 Å². The predicted octanol–water partition coefficient (Wildman–Crippen LogP) is 2.36. The van der Waals surface area contributed by atoms with Crippen molar-refractivity contribution in [2.45, 2.75) is 32.9 Å². The number of nitrogens with one attached hydrogen (secondary N) is 1. The second kappa shape index (κ2) is 4.68. The topological polar surface area (TPSA) is 55.6 Å². The summed E-state index contributed by atoms with van der Waals surface area (Å²) in [6, 6.07) is 3.91. The summed E-state index contributed by atoms with van der Waals surface area (Å²) in [6.07, 6.45) is 4.99. The van der Waals surface area contributed by atoms with E-state index in [1.807, 2.05) is 43.5 Å². The second-order valence-corrected chi connectivity index (χ2v) is 5.12. The van der Waals surface area contributed by atoms with Gasteiger partial charge < -0.3 is 14.5 Å². The summed E-state index contributed by atoms with van der Waals surface area (Å²) in [7, 11) is 0. The third-order valence-corrected chi connectivity index (χ3v) is 2.29. The van der Waals surface area contributed by atoms with Gasteiger partial charge >= 0.3 is 6.09 Å². The lowest BCUT2D eigenvalue weighted by molar-refractivity contribution is 0.0523. The van der Waals surface area contributed by atoms with Gasteiger partial charge in [-0.1, -0.05) is 0 Å². The number of hydrogen-bond acceptors (Lipinski definition) is 3. The molecule has 2 rings (SSSR count). The fourth-order valence-corrected chi connectivity index (χ4v) is 1.60. The number of hydrogen-bond donors (Lipinski definition) is 1. The molecule has 0 spiro atoms. The van der Waals surface area contributed by atoms with Gasteiger partial charge in [-0.2, -0.15) is 0 Å². The third kappa shape index (κ3) is 3.23. The van der Waals surface area contributed by atoms with E-state index < -0.39 is 11.7 Å². The van der Waals surface area contributed by atoms with Crippen molar-refractivity contribution in [3.05, 3.63) is 36.4 Å². The van der Waals surface area contributed by atoms with Crippen LogP contribution in [0.4, 0.5) is 4.79 Å². The van der Waals surface area contributed by atoms with Gasteiger partial charge in [0.1, 0.15) is 5.60 Å². The number of amides is 1. The second-order valence-electron chi connectivity index (χ2n) is 5.12. The van der Waals surface area contributed by atoms with Crippen LogP contribution in [-0.2, 0) is 11.3 Å². The molecule has 0 aliphatic heterocycles. The van der Waals surface area contributed by atoms with E-state index >= 15 is 0 Å². The zero-order valence-corrected chi connectivity index (χ0v) is 10.8. The maximum Gasteiger partial charge on any atom is 0.407 e. The molecule has 2 aromatic rings. The quantitative estimate of drug-likeness (QED) is 0.886. The van der Waals surface area contributed by atoms with E-state index in [0.29, 0.717) is 6.54 Å². The minimum Gasteiger partial charge on any atom is -0.444 e. The molecule has 2 aromatic heterocycles. The molecule has 18 heavy (non-hydrogen) atoms. The molecule has 0 unspecified atom stereocenters. The highest BCUT2D eigenvalue weighted by molar-refractivity contribution is 5.67. The Labute approximate surface area is 106 Å². The fraction of sp³-hybridized carbons (Fsp3) is 0.385. The van der Waals surface area contributed by atoms with Gasteiger partial charge in [-0.05, 0) is 38.5 Å².